The summed E-state index contributed by atoms with van der Waals surface area (Å²) in [5.74, 6) is -0.144. The average Bonchev–Trinajstić information content (AvgIpc) is 2.91. The summed E-state index contributed by atoms with van der Waals surface area (Å²) in [4.78, 5) is 14.1. The molecule has 0 saturated heterocycles. The molecule has 1 aromatic carbocycles. The molecule has 0 bridgehead atoms. The fourth-order valence-corrected chi connectivity index (χ4v) is 2.28. The molecule has 1 unspecified atom stereocenters. The number of carbonyl (C=O) groups excluding carboxylic acids is 1. The molecule has 1 amide bonds. The number of hydrogen-bond donors (Lipinski definition) is 2. The smallest absolute Gasteiger partial charge is 0.247 e. The summed E-state index contributed by atoms with van der Waals surface area (Å²) in [7, 11) is 1.73. The van der Waals surface area contributed by atoms with Crippen molar-refractivity contribution in [2.75, 3.05) is 7.05 Å². The van der Waals surface area contributed by atoms with Crippen LogP contribution in [0.4, 0.5) is 0 Å². The van der Waals surface area contributed by atoms with Crippen molar-refractivity contribution in [2.45, 2.75) is 19.0 Å². The lowest BCUT2D eigenvalue weighted by Gasteiger charge is -2.29. The Morgan fingerprint density at radius 1 is 1.32 bits per heavy atom. The lowest BCUT2D eigenvalue weighted by molar-refractivity contribution is -0.136. The van der Waals surface area contributed by atoms with E-state index in [0.29, 0.717) is 6.54 Å². The van der Waals surface area contributed by atoms with Gasteiger partial charge in [-0.25, -0.2) is 0 Å². The van der Waals surface area contributed by atoms with E-state index in [4.69, 9.17) is 5.73 Å². The van der Waals surface area contributed by atoms with Crippen LogP contribution in [0.3, 0.4) is 0 Å². The Bertz CT molecular complexity index is 587. The third-order valence-corrected chi connectivity index (χ3v) is 3.73. The van der Waals surface area contributed by atoms with E-state index in [-0.39, 0.29) is 30.7 Å². The first-order valence-corrected chi connectivity index (χ1v) is 6.99. The number of amides is 1. The fourth-order valence-electron chi connectivity index (χ4n) is 2.02. The molecular weight excluding hydrogens is 391 g/mol. The predicted octanol–water partition coefficient (Wildman–Crippen LogP) is 2.85. The molecule has 0 aliphatic heterocycles. The Labute approximate surface area is 150 Å². The van der Waals surface area contributed by atoms with Gasteiger partial charge in [-0.15, -0.1) is 24.8 Å². The zero-order chi connectivity index (χ0) is 14.8. The second-order valence-electron chi connectivity index (χ2n) is 4.95. The highest BCUT2D eigenvalue weighted by molar-refractivity contribution is 9.10. The lowest BCUT2D eigenvalue weighted by atomic mass is 9.92. The molecule has 122 valence electrons. The van der Waals surface area contributed by atoms with Crippen LogP contribution >= 0.6 is 40.7 Å². The zero-order valence-electron chi connectivity index (χ0n) is 12.2. The van der Waals surface area contributed by atoms with Gasteiger partial charge in [0.25, 0.3) is 0 Å². The Kier molecular flexibility index (Phi) is 8.11. The molecule has 22 heavy (non-hydrogen) atoms. The van der Waals surface area contributed by atoms with Crippen molar-refractivity contribution < 1.29 is 4.79 Å². The van der Waals surface area contributed by atoms with E-state index in [9.17, 15) is 4.79 Å². The average molecular weight is 410 g/mol. The molecule has 0 fully saturated rings. The van der Waals surface area contributed by atoms with Crippen LogP contribution < -0.4 is 5.73 Å². The molecule has 0 radical (unpaired) electrons. The molecule has 8 heteroatoms. The molecule has 3 N–H and O–H groups in total. The Morgan fingerprint density at radius 3 is 2.41 bits per heavy atom. The molecular formula is C14H19BrCl2N4O. The van der Waals surface area contributed by atoms with Gasteiger partial charge < -0.3 is 10.6 Å². The number of nitrogens with one attached hydrogen (secondary N) is 1. The number of H-pyrrole nitrogens is 1. The monoisotopic (exact) mass is 408 g/mol. The summed E-state index contributed by atoms with van der Waals surface area (Å²) < 4.78 is 0.954. The van der Waals surface area contributed by atoms with Crippen molar-refractivity contribution in [1.29, 1.82) is 0 Å². The number of nitrogens with zero attached hydrogens (tertiary/aromatic N) is 2. The van der Waals surface area contributed by atoms with Crippen molar-refractivity contribution in [2.24, 2.45) is 5.73 Å². The highest BCUT2D eigenvalue weighted by atomic mass is 79.9. The zero-order valence-corrected chi connectivity index (χ0v) is 15.5. The number of aromatic nitrogens is 2. The van der Waals surface area contributed by atoms with Gasteiger partial charge in [0.05, 0.1) is 12.2 Å². The number of carbonyl (C=O) groups is 1. The van der Waals surface area contributed by atoms with Gasteiger partial charge in [-0.1, -0.05) is 28.1 Å². The Balaban J connectivity index is 0.00000220. The largest absolute Gasteiger partial charge is 0.338 e. The van der Waals surface area contributed by atoms with Gasteiger partial charge in [-0.3, -0.25) is 9.89 Å². The van der Waals surface area contributed by atoms with Crippen LogP contribution in [0, 0.1) is 0 Å². The predicted molar refractivity (Wildman–Crippen MR) is 95.2 cm³/mol. The normalized spacial score (nSPS) is 12.5. The van der Waals surface area contributed by atoms with Crippen LogP contribution in [0.2, 0.25) is 0 Å². The second-order valence-corrected chi connectivity index (χ2v) is 5.87. The quantitative estimate of drug-likeness (QED) is 0.815. The minimum absolute atomic E-state index is 0. The summed E-state index contributed by atoms with van der Waals surface area (Å²) in [6.45, 7) is 2.17. The maximum Gasteiger partial charge on any atom is 0.247 e. The first-order chi connectivity index (χ1) is 9.41. The molecule has 5 nitrogen and oxygen atoms in total. The lowest BCUT2D eigenvalue weighted by Crippen LogP contribution is -2.49. The van der Waals surface area contributed by atoms with Gasteiger partial charge in [-0.05, 0) is 30.7 Å². The topological polar surface area (TPSA) is 75.0 Å². The van der Waals surface area contributed by atoms with Gasteiger partial charge in [0.1, 0.15) is 5.54 Å². The molecule has 1 heterocycles. The number of likely N-dealkylation sites (N-methyl/N-ethyl adjacent to an activating group) is 1. The summed E-state index contributed by atoms with van der Waals surface area (Å²) in [6, 6.07) is 9.29. The van der Waals surface area contributed by atoms with E-state index in [2.05, 4.69) is 26.1 Å². The fraction of sp³-hybridized carbons (Fsp3) is 0.286. The number of benzene rings is 1. The molecule has 0 saturated carbocycles. The third kappa shape index (κ3) is 4.71. The summed E-state index contributed by atoms with van der Waals surface area (Å²) >= 11 is 3.37. The van der Waals surface area contributed by atoms with E-state index in [1.54, 1.807) is 25.1 Å². The number of rotatable bonds is 4. The number of aromatic amines is 1. The highest BCUT2D eigenvalue weighted by Gasteiger charge is 2.33. The Morgan fingerprint density at radius 2 is 1.91 bits per heavy atom. The number of halogens is 3. The molecule has 1 atom stereocenters. The second kappa shape index (κ2) is 8.53. The summed E-state index contributed by atoms with van der Waals surface area (Å²) in [6.07, 6.45) is 1.66. The standard InChI is InChI=1S/C14H17BrN4O.2ClH/c1-14(16,10-3-5-11(15)6-4-10)13(20)19(2)9-12-7-8-17-18-12;;/h3-8H,9,16H2,1-2H3,(H,17,18);2*1H. The summed E-state index contributed by atoms with van der Waals surface area (Å²) in [5.41, 5.74) is 6.82. The van der Waals surface area contributed by atoms with Crippen molar-refractivity contribution in [3.05, 3.63) is 52.3 Å². The third-order valence-electron chi connectivity index (χ3n) is 3.20. The first kappa shape index (κ1) is 20.9. The minimum Gasteiger partial charge on any atom is -0.338 e. The molecule has 1 aromatic heterocycles. The molecule has 2 rings (SSSR count). The summed E-state index contributed by atoms with van der Waals surface area (Å²) in [5, 5.41) is 6.70. The number of hydrogen-bond acceptors (Lipinski definition) is 3. The number of nitrogens with two attached hydrogens (primary N) is 1. The molecule has 0 aliphatic rings. The SMILES string of the molecule is CN(Cc1ccn[nH]1)C(=O)C(C)(N)c1ccc(Br)cc1.Cl.Cl. The Hall–Kier alpha value is -1.08. The highest BCUT2D eigenvalue weighted by Crippen LogP contribution is 2.22. The van der Waals surface area contributed by atoms with Gasteiger partial charge in [-0.2, -0.15) is 5.10 Å². The van der Waals surface area contributed by atoms with Gasteiger partial charge in [0.2, 0.25) is 5.91 Å². The molecule has 0 aliphatic carbocycles. The maximum atomic E-state index is 12.5. The van der Waals surface area contributed by atoms with E-state index in [1.165, 1.54) is 0 Å². The van der Waals surface area contributed by atoms with Crippen LogP contribution in [0.25, 0.3) is 0 Å². The van der Waals surface area contributed by atoms with Gasteiger partial charge in [0, 0.05) is 17.7 Å². The van der Waals surface area contributed by atoms with Crippen LogP contribution in [0.1, 0.15) is 18.2 Å². The molecule has 2 aromatic rings. The van der Waals surface area contributed by atoms with Crippen molar-refractivity contribution >= 4 is 46.7 Å². The van der Waals surface area contributed by atoms with Crippen LogP contribution in [-0.2, 0) is 16.9 Å². The van der Waals surface area contributed by atoms with E-state index < -0.39 is 5.54 Å². The van der Waals surface area contributed by atoms with Crippen molar-refractivity contribution in [3.63, 3.8) is 0 Å². The van der Waals surface area contributed by atoms with Gasteiger partial charge >= 0.3 is 0 Å². The first-order valence-electron chi connectivity index (χ1n) is 6.20. The van der Waals surface area contributed by atoms with Gasteiger partial charge in [0.15, 0.2) is 0 Å². The van der Waals surface area contributed by atoms with Crippen LogP contribution in [-0.4, -0.2) is 28.1 Å². The van der Waals surface area contributed by atoms with Crippen LogP contribution in [0.5, 0.6) is 0 Å². The maximum absolute atomic E-state index is 12.5. The van der Waals surface area contributed by atoms with E-state index in [0.717, 1.165) is 15.7 Å². The molecule has 0 spiro atoms. The van der Waals surface area contributed by atoms with E-state index in [1.807, 2.05) is 30.3 Å². The minimum atomic E-state index is -1.06. The van der Waals surface area contributed by atoms with Crippen molar-refractivity contribution in [3.8, 4) is 0 Å². The van der Waals surface area contributed by atoms with Crippen LogP contribution in [0.15, 0.2) is 41.0 Å². The van der Waals surface area contributed by atoms with E-state index >= 15 is 0 Å². The van der Waals surface area contributed by atoms with Crippen molar-refractivity contribution in [1.82, 2.24) is 15.1 Å².